The van der Waals surface area contributed by atoms with Crippen LogP contribution in [0.25, 0.3) is 11.0 Å². The minimum absolute atomic E-state index is 0.788. The van der Waals surface area contributed by atoms with Crippen LogP contribution in [0.4, 0.5) is 0 Å². The first-order valence-corrected chi connectivity index (χ1v) is 5.97. The molecule has 0 aliphatic heterocycles. The minimum atomic E-state index is 0.788. The number of fused-ring (bicyclic) bond motifs is 1. The van der Waals surface area contributed by atoms with Gasteiger partial charge in [0.15, 0.2) is 0 Å². The van der Waals surface area contributed by atoms with Crippen LogP contribution in [0.1, 0.15) is 18.7 Å². The van der Waals surface area contributed by atoms with E-state index < -0.39 is 0 Å². The van der Waals surface area contributed by atoms with E-state index in [1.807, 2.05) is 24.3 Å². The predicted molar refractivity (Wildman–Crippen MR) is 71.5 cm³/mol. The maximum atomic E-state index is 4.50. The topological polar surface area (TPSA) is 53.1 Å². The molecule has 0 atom stereocenters. The lowest BCUT2D eigenvalue weighted by molar-refractivity contribution is 0.616. The van der Waals surface area contributed by atoms with Gasteiger partial charge in [0.25, 0.3) is 0 Å². The molecule has 1 aromatic carbocycles. The van der Waals surface area contributed by atoms with Gasteiger partial charge in [-0.15, -0.1) is 0 Å². The van der Waals surface area contributed by atoms with Gasteiger partial charge in [0.05, 0.1) is 17.6 Å². The van der Waals surface area contributed by atoms with Gasteiger partial charge in [0.2, 0.25) is 0 Å². The number of hydrogen-bond acceptors (Lipinski definition) is 3. The summed E-state index contributed by atoms with van der Waals surface area (Å²) in [6.45, 7) is 6.10. The van der Waals surface area contributed by atoms with Crippen LogP contribution in [0, 0.1) is 0 Å². The Bertz CT molecular complexity index is 442. The molecule has 2 aromatic rings. The van der Waals surface area contributed by atoms with Crippen LogP contribution < -0.4 is 5.32 Å². The van der Waals surface area contributed by atoms with Crippen LogP contribution >= 0.6 is 0 Å². The summed E-state index contributed by atoms with van der Waals surface area (Å²) in [7, 11) is 0. The number of nitrogens with one attached hydrogen (secondary N) is 2. The van der Waals surface area contributed by atoms with Crippen LogP contribution in [-0.2, 0) is 6.54 Å². The number of unbranched alkanes of at least 4 members (excludes halogenated alkanes) is 1. The zero-order valence-electron chi connectivity index (χ0n) is 9.95. The number of imidazole rings is 1. The number of rotatable bonds is 7. The van der Waals surface area contributed by atoms with Gasteiger partial charge in [-0.1, -0.05) is 12.1 Å². The van der Waals surface area contributed by atoms with Crippen molar-refractivity contribution in [2.24, 2.45) is 4.99 Å². The maximum Gasteiger partial charge on any atom is 0.121 e. The van der Waals surface area contributed by atoms with Gasteiger partial charge >= 0.3 is 0 Å². The van der Waals surface area contributed by atoms with Crippen molar-refractivity contribution in [3.8, 4) is 0 Å². The summed E-state index contributed by atoms with van der Waals surface area (Å²) in [4.78, 5) is 11.6. The second-order valence-corrected chi connectivity index (χ2v) is 4.03. The lowest BCUT2D eigenvalue weighted by Gasteiger charge is -2.00. The first-order valence-electron chi connectivity index (χ1n) is 5.97. The van der Waals surface area contributed by atoms with E-state index in [2.05, 4.69) is 27.0 Å². The Hall–Kier alpha value is -1.68. The average Bonchev–Trinajstić information content (AvgIpc) is 2.76. The van der Waals surface area contributed by atoms with Gasteiger partial charge in [-0.05, 0) is 38.2 Å². The molecule has 0 spiro atoms. The van der Waals surface area contributed by atoms with Crippen molar-refractivity contribution in [1.82, 2.24) is 15.3 Å². The molecule has 1 aromatic heterocycles. The first-order chi connectivity index (χ1) is 8.40. The van der Waals surface area contributed by atoms with Crippen LogP contribution in [0.3, 0.4) is 0 Å². The molecule has 0 fully saturated rings. The Balaban J connectivity index is 1.77. The monoisotopic (exact) mass is 230 g/mol. The van der Waals surface area contributed by atoms with Crippen molar-refractivity contribution >= 4 is 17.8 Å². The smallest absolute Gasteiger partial charge is 0.121 e. The highest BCUT2D eigenvalue weighted by molar-refractivity contribution is 5.74. The van der Waals surface area contributed by atoms with E-state index in [-0.39, 0.29) is 0 Å². The summed E-state index contributed by atoms with van der Waals surface area (Å²) >= 11 is 0. The van der Waals surface area contributed by atoms with Gasteiger partial charge in [-0.2, -0.15) is 0 Å². The highest BCUT2D eigenvalue weighted by Crippen LogP contribution is 2.09. The third kappa shape index (κ3) is 3.39. The number of aliphatic imine (C=N–C) groups is 1. The zero-order valence-corrected chi connectivity index (χ0v) is 9.95. The van der Waals surface area contributed by atoms with E-state index in [1.54, 1.807) is 0 Å². The van der Waals surface area contributed by atoms with Crippen LogP contribution in [0.5, 0.6) is 0 Å². The van der Waals surface area contributed by atoms with E-state index in [0.29, 0.717) is 0 Å². The molecule has 1 heterocycles. The number of aromatic nitrogens is 2. The van der Waals surface area contributed by atoms with Crippen molar-refractivity contribution in [2.75, 3.05) is 13.1 Å². The molecule has 0 aliphatic carbocycles. The Labute approximate surface area is 101 Å². The molecule has 0 amide bonds. The molecule has 0 radical (unpaired) electrons. The summed E-state index contributed by atoms with van der Waals surface area (Å²) in [6, 6.07) is 8.08. The average molecular weight is 230 g/mol. The Morgan fingerprint density at radius 2 is 2.18 bits per heavy atom. The summed E-state index contributed by atoms with van der Waals surface area (Å²) in [5.41, 5.74) is 2.13. The number of para-hydroxylation sites is 2. The third-order valence-corrected chi connectivity index (χ3v) is 2.65. The minimum Gasteiger partial charge on any atom is -0.341 e. The summed E-state index contributed by atoms with van der Waals surface area (Å²) in [5.74, 6) is 0.994. The molecule has 0 bridgehead atoms. The fourth-order valence-corrected chi connectivity index (χ4v) is 1.77. The number of aromatic amines is 1. The third-order valence-electron chi connectivity index (χ3n) is 2.65. The van der Waals surface area contributed by atoms with Gasteiger partial charge in [0.1, 0.15) is 5.82 Å². The molecule has 4 heteroatoms. The SMILES string of the molecule is C=NCCCCNCc1nc2ccccc2[nH]1. The lowest BCUT2D eigenvalue weighted by atomic mass is 10.3. The van der Waals surface area contributed by atoms with E-state index >= 15 is 0 Å². The van der Waals surface area contributed by atoms with Crippen molar-refractivity contribution in [1.29, 1.82) is 0 Å². The Kier molecular flexibility index (Phi) is 4.27. The van der Waals surface area contributed by atoms with Gasteiger partial charge < -0.3 is 15.3 Å². The van der Waals surface area contributed by atoms with Crippen molar-refractivity contribution < 1.29 is 0 Å². The second kappa shape index (κ2) is 6.15. The first kappa shape index (κ1) is 11.8. The van der Waals surface area contributed by atoms with Crippen LogP contribution in [0.15, 0.2) is 29.3 Å². The number of H-pyrrole nitrogens is 1. The normalized spacial score (nSPS) is 10.8. The van der Waals surface area contributed by atoms with Crippen LogP contribution in [0.2, 0.25) is 0 Å². The molecule has 0 aliphatic rings. The number of nitrogens with zero attached hydrogens (tertiary/aromatic N) is 2. The van der Waals surface area contributed by atoms with Crippen molar-refractivity contribution in [3.63, 3.8) is 0 Å². The molecule has 2 N–H and O–H groups in total. The molecule has 4 nitrogen and oxygen atoms in total. The summed E-state index contributed by atoms with van der Waals surface area (Å²) < 4.78 is 0. The number of hydrogen-bond donors (Lipinski definition) is 2. The van der Waals surface area contributed by atoms with E-state index in [0.717, 1.165) is 49.3 Å². The molecular formula is C13H18N4. The molecule has 0 unspecified atom stereocenters. The molecule has 0 saturated heterocycles. The Morgan fingerprint density at radius 1 is 1.29 bits per heavy atom. The lowest BCUT2D eigenvalue weighted by Crippen LogP contribution is -2.15. The van der Waals surface area contributed by atoms with Crippen molar-refractivity contribution in [3.05, 3.63) is 30.1 Å². The Morgan fingerprint density at radius 3 is 3.00 bits per heavy atom. The quantitative estimate of drug-likeness (QED) is 0.565. The van der Waals surface area contributed by atoms with Gasteiger partial charge in [-0.3, -0.25) is 0 Å². The second-order valence-electron chi connectivity index (χ2n) is 4.03. The highest BCUT2D eigenvalue weighted by Gasteiger charge is 2.00. The fourth-order valence-electron chi connectivity index (χ4n) is 1.77. The van der Waals surface area contributed by atoms with Gasteiger partial charge in [0, 0.05) is 6.54 Å². The summed E-state index contributed by atoms with van der Waals surface area (Å²) in [5, 5.41) is 3.37. The molecule has 2 rings (SSSR count). The fraction of sp³-hybridized carbons (Fsp3) is 0.385. The van der Waals surface area contributed by atoms with Gasteiger partial charge in [-0.25, -0.2) is 4.98 Å². The van der Waals surface area contributed by atoms with Crippen LogP contribution in [-0.4, -0.2) is 29.8 Å². The molecule has 17 heavy (non-hydrogen) atoms. The largest absolute Gasteiger partial charge is 0.341 e. The predicted octanol–water partition coefficient (Wildman–Crippen LogP) is 2.13. The molecule has 90 valence electrons. The number of benzene rings is 1. The summed E-state index contributed by atoms with van der Waals surface area (Å²) in [6.07, 6.45) is 2.22. The van der Waals surface area contributed by atoms with E-state index in [9.17, 15) is 0 Å². The molecule has 0 saturated carbocycles. The standard InChI is InChI=1S/C13H18N4/c1-14-8-4-5-9-15-10-13-16-11-6-2-3-7-12(11)17-13/h2-3,6-7,15H,1,4-5,8-10H2,(H,16,17). The highest BCUT2D eigenvalue weighted by atomic mass is 15.0. The van der Waals surface area contributed by atoms with E-state index in [4.69, 9.17) is 0 Å². The van der Waals surface area contributed by atoms with E-state index in [1.165, 1.54) is 0 Å². The van der Waals surface area contributed by atoms with Crippen molar-refractivity contribution in [2.45, 2.75) is 19.4 Å². The molecular weight excluding hydrogens is 212 g/mol. The zero-order chi connectivity index (χ0) is 11.9. The maximum absolute atomic E-state index is 4.50.